The lowest BCUT2D eigenvalue weighted by Gasteiger charge is -2.33. The van der Waals surface area contributed by atoms with Gasteiger partial charge in [0.2, 0.25) is 5.89 Å². The molecule has 8 nitrogen and oxygen atoms in total. The fraction of sp³-hybridized carbons (Fsp3) is 0.529. The normalized spacial score (nSPS) is 18.0. The Morgan fingerprint density at radius 1 is 1.35 bits per heavy atom. The van der Waals surface area contributed by atoms with Gasteiger partial charge in [0.15, 0.2) is 5.82 Å². The van der Waals surface area contributed by atoms with E-state index in [9.17, 15) is 0 Å². The van der Waals surface area contributed by atoms with E-state index in [1.165, 1.54) is 10.4 Å². The number of aromatic nitrogens is 4. The third-order valence-corrected chi connectivity index (χ3v) is 5.68. The molecule has 4 rings (SSSR count). The molecule has 138 valence electrons. The van der Waals surface area contributed by atoms with Gasteiger partial charge in [-0.1, -0.05) is 5.16 Å². The van der Waals surface area contributed by atoms with E-state index in [4.69, 9.17) is 14.0 Å². The van der Waals surface area contributed by atoms with E-state index in [-0.39, 0.29) is 6.10 Å². The van der Waals surface area contributed by atoms with Crippen LogP contribution < -0.4 is 4.90 Å². The minimum absolute atomic E-state index is 0.0235. The van der Waals surface area contributed by atoms with Crippen molar-refractivity contribution >= 4 is 27.4 Å². The summed E-state index contributed by atoms with van der Waals surface area (Å²) in [4.78, 5) is 17.9. The lowest BCUT2D eigenvalue weighted by molar-refractivity contribution is 0.0360. The molecule has 3 aromatic rings. The minimum Gasteiger partial charge on any atom is -0.377 e. The van der Waals surface area contributed by atoms with E-state index in [2.05, 4.69) is 38.9 Å². The van der Waals surface area contributed by atoms with E-state index in [1.807, 2.05) is 0 Å². The molecule has 0 spiro atoms. The number of thiophene rings is 1. The Balaban J connectivity index is 1.53. The lowest BCUT2D eigenvalue weighted by atomic mass is 10.1. The maximum absolute atomic E-state index is 5.91. The first-order chi connectivity index (χ1) is 12.7. The summed E-state index contributed by atoms with van der Waals surface area (Å²) in [5.74, 6) is 2.10. The summed E-state index contributed by atoms with van der Waals surface area (Å²) < 4.78 is 16.2. The van der Waals surface area contributed by atoms with Crippen LogP contribution in [0.5, 0.6) is 0 Å². The van der Waals surface area contributed by atoms with Gasteiger partial charge in [0.1, 0.15) is 23.6 Å². The first-order valence-electron chi connectivity index (χ1n) is 8.53. The first kappa shape index (κ1) is 17.3. The van der Waals surface area contributed by atoms with Crippen LogP contribution in [0.25, 0.3) is 10.2 Å². The average Bonchev–Trinajstić information content (AvgIpc) is 3.20. The summed E-state index contributed by atoms with van der Waals surface area (Å²) in [5.41, 5.74) is 1.25. The fourth-order valence-corrected chi connectivity index (χ4v) is 4.19. The number of methoxy groups -OCH3 is 1. The van der Waals surface area contributed by atoms with Crippen LogP contribution in [0.15, 0.2) is 10.9 Å². The van der Waals surface area contributed by atoms with Gasteiger partial charge in [-0.25, -0.2) is 9.97 Å². The molecular weight excluding hydrogens is 354 g/mol. The lowest BCUT2D eigenvalue weighted by Crippen LogP contribution is -2.44. The summed E-state index contributed by atoms with van der Waals surface area (Å²) in [5, 5.41) is 5.05. The van der Waals surface area contributed by atoms with Gasteiger partial charge >= 0.3 is 0 Å². The van der Waals surface area contributed by atoms with E-state index in [0.29, 0.717) is 31.3 Å². The van der Waals surface area contributed by atoms with Crippen LogP contribution in [0.4, 0.5) is 5.82 Å². The van der Waals surface area contributed by atoms with Crippen LogP contribution >= 0.6 is 11.3 Å². The second kappa shape index (κ2) is 7.26. The van der Waals surface area contributed by atoms with Crippen molar-refractivity contribution in [2.75, 3.05) is 31.7 Å². The molecule has 0 aliphatic carbocycles. The number of hydrogen-bond donors (Lipinski definition) is 0. The van der Waals surface area contributed by atoms with Crippen LogP contribution in [-0.2, 0) is 22.5 Å². The molecule has 0 bridgehead atoms. The molecule has 0 saturated carbocycles. The molecule has 1 aliphatic rings. The molecular formula is C17H21N5O3S. The van der Waals surface area contributed by atoms with Crippen molar-refractivity contribution in [3.63, 3.8) is 0 Å². The van der Waals surface area contributed by atoms with Crippen LogP contribution in [-0.4, -0.2) is 53.0 Å². The Morgan fingerprint density at radius 3 is 3.08 bits per heavy atom. The zero-order chi connectivity index (χ0) is 18.1. The summed E-state index contributed by atoms with van der Waals surface area (Å²) in [6.45, 7) is 6.77. The van der Waals surface area contributed by atoms with Gasteiger partial charge in [-0.15, -0.1) is 11.3 Å². The van der Waals surface area contributed by atoms with Crippen molar-refractivity contribution in [3.8, 4) is 0 Å². The third-order valence-electron chi connectivity index (χ3n) is 4.57. The molecule has 1 saturated heterocycles. The highest BCUT2D eigenvalue weighted by molar-refractivity contribution is 7.18. The number of aryl methyl sites for hydroxylation is 2. The molecule has 26 heavy (non-hydrogen) atoms. The predicted octanol–water partition coefficient (Wildman–Crippen LogP) is 2.29. The standard InChI is InChI=1S/C17H21N5O3S/c1-10-11(2)26-17-15(10)16(18-9-19-17)22-4-5-24-12(7-22)6-14-20-13(8-23-3)21-25-14/h9,12H,4-8H2,1-3H3/t12-/m1/s1. The highest BCUT2D eigenvalue weighted by Crippen LogP contribution is 2.34. The molecule has 0 radical (unpaired) electrons. The van der Waals surface area contributed by atoms with E-state index in [0.717, 1.165) is 29.1 Å². The molecule has 9 heteroatoms. The molecule has 0 N–H and O–H groups in total. The molecule has 1 fully saturated rings. The predicted molar refractivity (Wildman–Crippen MR) is 97.6 cm³/mol. The topological polar surface area (TPSA) is 86.4 Å². The third kappa shape index (κ3) is 3.29. The quantitative estimate of drug-likeness (QED) is 0.671. The SMILES string of the molecule is COCc1noc(C[C@@H]2CN(c3ncnc4sc(C)c(C)c34)CCO2)n1. The van der Waals surface area contributed by atoms with Gasteiger partial charge in [0.05, 0.1) is 24.5 Å². The first-order valence-corrected chi connectivity index (χ1v) is 9.35. The number of rotatable bonds is 5. The Bertz CT molecular complexity index is 909. The molecule has 4 heterocycles. The number of ether oxygens (including phenoxy) is 2. The van der Waals surface area contributed by atoms with Crippen molar-refractivity contribution in [2.45, 2.75) is 33.0 Å². The highest BCUT2D eigenvalue weighted by Gasteiger charge is 2.26. The van der Waals surface area contributed by atoms with E-state index < -0.39 is 0 Å². The maximum atomic E-state index is 5.91. The monoisotopic (exact) mass is 375 g/mol. The largest absolute Gasteiger partial charge is 0.377 e. The second-order valence-electron chi connectivity index (χ2n) is 6.34. The zero-order valence-electron chi connectivity index (χ0n) is 15.1. The zero-order valence-corrected chi connectivity index (χ0v) is 15.9. The summed E-state index contributed by atoms with van der Waals surface area (Å²) >= 11 is 1.71. The molecule has 0 unspecified atom stereocenters. The molecule has 1 atom stereocenters. The van der Waals surface area contributed by atoms with Crippen molar-refractivity contribution in [2.24, 2.45) is 0 Å². The van der Waals surface area contributed by atoms with Gasteiger partial charge in [0.25, 0.3) is 0 Å². The number of anilines is 1. The summed E-state index contributed by atoms with van der Waals surface area (Å²) in [7, 11) is 1.61. The van der Waals surface area contributed by atoms with Crippen molar-refractivity contribution in [3.05, 3.63) is 28.5 Å². The van der Waals surface area contributed by atoms with E-state index in [1.54, 1.807) is 24.8 Å². The van der Waals surface area contributed by atoms with Crippen LogP contribution in [0, 0.1) is 13.8 Å². The smallest absolute Gasteiger partial charge is 0.229 e. The minimum atomic E-state index is -0.0235. The molecule has 0 aromatic carbocycles. The summed E-state index contributed by atoms with van der Waals surface area (Å²) in [6, 6.07) is 0. The Labute approximate surface area is 155 Å². The Morgan fingerprint density at radius 2 is 2.23 bits per heavy atom. The van der Waals surface area contributed by atoms with Gasteiger partial charge in [-0.2, -0.15) is 4.98 Å². The fourth-order valence-electron chi connectivity index (χ4n) is 3.19. The number of hydrogen-bond acceptors (Lipinski definition) is 9. The van der Waals surface area contributed by atoms with Crippen LogP contribution in [0.2, 0.25) is 0 Å². The molecule has 0 amide bonds. The second-order valence-corrected chi connectivity index (χ2v) is 7.54. The van der Waals surface area contributed by atoms with Crippen LogP contribution in [0.3, 0.4) is 0 Å². The van der Waals surface area contributed by atoms with Gasteiger partial charge in [-0.05, 0) is 19.4 Å². The molecule has 1 aliphatic heterocycles. The maximum Gasteiger partial charge on any atom is 0.229 e. The van der Waals surface area contributed by atoms with Crippen molar-refractivity contribution < 1.29 is 14.0 Å². The molecule has 3 aromatic heterocycles. The van der Waals surface area contributed by atoms with Gasteiger partial charge in [-0.3, -0.25) is 0 Å². The van der Waals surface area contributed by atoms with Crippen LogP contribution in [0.1, 0.15) is 22.2 Å². The number of morpholine rings is 1. The van der Waals surface area contributed by atoms with Gasteiger partial charge in [0, 0.05) is 25.1 Å². The summed E-state index contributed by atoms with van der Waals surface area (Å²) in [6.07, 6.45) is 2.19. The number of nitrogens with zero attached hydrogens (tertiary/aromatic N) is 5. The van der Waals surface area contributed by atoms with Crippen molar-refractivity contribution in [1.82, 2.24) is 20.1 Å². The Hall–Kier alpha value is -2.10. The average molecular weight is 375 g/mol. The van der Waals surface area contributed by atoms with E-state index >= 15 is 0 Å². The Kier molecular flexibility index (Phi) is 4.84. The number of fused-ring (bicyclic) bond motifs is 1. The van der Waals surface area contributed by atoms with Gasteiger partial charge < -0.3 is 18.9 Å². The highest BCUT2D eigenvalue weighted by atomic mass is 32.1. The van der Waals surface area contributed by atoms with Crippen molar-refractivity contribution in [1.29, 1.82) is 0 Å².